The summed E-state index contributed by atoms with van der Waals surface area (Å²) in [5, 5.41) is 6.56. The molecule has 0 bridgehead atoms. The Kier molecular flexibility index (Phi) is 4.25. The van der Waals surface area contributed by atoms with Crippen molar-refractivity contribution >= 4 is 11.3 Å². The molecule has 0 aliphatic carbocycles. The van der Waals surface area contributed by atoms with E-state index in [4.69, 9.17) is 4.74 Å². The van der Waals surface area contributed by atoms with E-state index in [1.165, 1.54) is 0 Å². The fourth-order valence-electron chi connectivity index (χ4n) is 1.73. The number of thiazole rings is 1. The summed E-state index contributed by atoms with van der Waals surface area (Å²) in [7, 11) is 3.70. The third-order valence-electron chi connectivity index (χ3n) is 2.80. The van der Waals surface area contributed by atoms with Crippen molar-refractivity contribution in [3.05, 3.63) is 16.1 Å². The lowest BCUT2D eigenvalue weighted by atomic mass is 9.88. The van der Waals surface area contributed by atoms with Crippen molar-refractivity contribution in [1.82, 2.24) is 10.3 Å². The number of ether oxygens (including phenoxy) is 1. The summed E-state index contributed by atoms with van der Waals surface area (Å²) in [5.74, 6) is 0.438. The van der Waals surface area contributed by atoms with Crippen molar-refractivity contribution in [2.45, 2.75) is 26.3 Å². The molecular weight excluding hydrogens is 208 g/mol. The van der Waals surface area contributed by atoms with Crippen molar-refractivity contribution in [3.8, 4) is 0 Å². The third kappa shape index (κ3) is 2.38. The van der Waals surface area contributed by atoms with E-state index in [1.807, 2.05) is 14.0 Å². The van der Waals surface area contributed by atoms with E-state index in [0.29, 0.717) is 12.5 Å². The Bertz CT molecular complexity index is 311. The van der Waals surface area contributed by atoms with Crippen molar-refractivity contribution in [2.24, 2.45) is 5.92 Å². The number of aromatic nitrogens is 1. The summed E-state index contributed by atoms with van der Waals surface area (Å²) in [6, 6.07) is 0. The largest absolute Gasteiger partial charge is 0.382 e. The number of methoxy groups -OCH3 is 1. The predicted molar refractivity (Wildman–Crippen MR) is 64.3 cm³/mol. The Balaban J connectivity index is 3.08. The second kappa shape index (κ2) is 5.05. The summed E-state index contributed by atoms with van der Waals surface area (Å²) >= 11 is 1.70. The van der Waals surface area contributed by atoms with Crippen LogP contribution in [0.2, 0.25) is 0 Å². The second-order valence-corrected chi connectivity index (χ2v) is 4.96. The Morgan fingerprint density at radius 1 is 1.60 bits per heavy atom. The Morgan fingerprint density at radius 3 is 2.60 bits per heavy atom. The molecule has 0 fully saturated rings. The van der Waals surface area contributed by atoms with Crippen molar-refractivity contribution in [2.75, 3.05) is 20.8 Å². The van der Waals surface area contributed by atoms with Crippen LogP contribution >= 0.6 is 11.3 Å². The van der Waals surface area contributed by atoms with Crippen LogP contribution in [-0.2, 0) is 10.3 Å². The highest BCUT2D eigenvalue weighted by atomic mass is 32.1. The standard InChI is InChI=1S/C11H20N2OS/c1-8(2)11(12-4,7-14-5)10-13-9(3)6-15-10/h6,8,12H,7H2,1-5H3. The molecular formula is C11H20N2OS. The quantitative estimate of drug-likeness (QED) is 0.838. The number of nitrogens with one attached hydrogen (secondary N) is 1. The zero-order valence-corrected chi connectivity index (χ0v) is 10.9. The predicted octanol–water partition coefficient (Wildman–Crippen LogP) is 2.17. The van der Waals surface area contributed by atoms with Crippen LogP contribution in [0.4, 0.5) is 0 Å². The highest BCUT2D eigenvalue weighted by molar-refractivity contribution is 7.09. The van der Waals surface area contributed by atoms with Gasteiger partial charge >= 0.3 is 0 Å². The van der Waals surface area contributed by atoms with Crippen molar-refractivity contribution in [1.29, 1.82) is 0 Å². The molecule has 4 heteroatoms. The van der Waals surface area contributed by atoms with E-state index >= 15 is 0 Å². The fourth-order valence-corrected chi connectivity index (χ4v) is 2.87. The molecule has 1 atom stereocenters. The molecule has 15 heavy (non-hydrogen) atoms. The maximum absolute atomic E-state index is 5.33. The Labute approximate surface area is 95.9 Å². The van der Waals surface area contributed by atoms with E-state index in [-0.39, 0.29) is 5.54 Å². The smallest absolute Gasteiger partial charge is 0.116 e. The number of nitrogens with zero attached hydrogens (tertiary/aromatic N) is 1. The van der Waals surface area contributed by atoms with Gasteiger partial charge in [-0.25, -0.2) is 4.98 Å². The van der Waals surface area contributed by atoms with Gasteiger partial charge in [-0.1, -0.05) is 13.8 Å². The van der Waals surface area contributed by atoms with Gasteiger partial charge in [0, 0.05) is 18.2 Å². The molecule has 1 N–H and O–H groups in total. The third-order valence-corrected chi connectivity index (χ3v) is 3.94. The average molecular weight is 228 g/mol. The summed E-state index contributed by atoms with van der Waals surface area (Å²) in [6.45, 7) is 7.04. The second-order valence-electron chi connectivity index (χ2n) is 4.10. The first-order valence-electron chi connectivity index (χ1n) is 5.17. The van der Waals surface area contributed by atoms with E-state index in [9.17, 15) is 0 Å². The van der Waals surface area contributed by atoms with Gasteiger partial charge in [0.15, 0.2) is 0 Å². The van der Waals surface area contributed by atoms with Crippen LogP contribution in [0.3, 0.4) is 0 Å². The van der Waals surface area contributed by atoms with Crippen LogP contribution in [-0.4, -0.2) is 25.7 Å². The Morgan fingerprint density at radius 2 is 2.27 bits per heavy atom. The van der Waals surface area contributed by atoms with Crippen LogP contribution in [0.25, 0.3) is 0 Å². The van der Waals surface area contributed by atoms with Crippen LogP contribution in [0.5, 0.6) is 0 Å². The molecule has 0 amide bonds. The molecule has 1 heterocycles. The van der Waals surface area contributed by atoms with Gasteiger partial charge in [0.1, 0.15) is 5.01 Å². The minimum absolute atomic E-state index is 0.159. The molecule has 0 saturated heterocycles. The number of rotatable bonds is 5. The van der Waals surface area contributed by atoms with Gasteiger partial charge < -0.3 is 10.1 Å². The number of hydrogen-bond acceptors (Lipinski definition) is 4. The van der Waals surface area contributed by atoms with E-state index in [1.54, 1.807) is 18.4 Å². The number of aryl methyl sites for hydroxylation is 1. The molecule has 1 rings (SSSR count). The van der Waals surface area contributed by atoms with Crippen molar-refractivity contribution < 1.29 is 4.74 Å². The monoisotopic (exact) mass is 228 g/mol. The van der Waals surface area contributed by atoms with Crippen molar-refractivity contribution in [3.63, 3.8) is 0 Å². The summed E-state index contributed by atoms with van der Waals surface area (Å²) < 4.78 is 5.33. The average Bonchev–Trinajstić information content (AvgIpc) is 2.61. The molecule has 0 aliphatic heterocycles. The lowest BCUT2D eigenvalue weighted by Gasteiger charge is -2.34. The maximum atomic E-state index is 5.33. The highest BCUT2D eigenvalue weighted by Crippen LogP contribution is 2.31. The molecule has 3 nitrogen and oxygen atoms in total. The van der Waals surface area contributed by atoms with Gasteiger partial charge in [0.2, 0.25) is 0 Å². The van der Waals surface area contributed by atoms with Gasteiger partial charge in [-0.2, -0.15) is 0 Å². The number of likely N-dealkylation sites (N-methyl/N-ethyl adjacent to an activating group) is 1. The summed E-state index contributed by atoms with van der Waals surface area (Å²) in [5.41, 5.74) is 0.916. The minimum Gasteiger partial charge on any atom is -0.382 e. The lowest BCUT2D eigenvalue weighted by molar-refractivity contribution is 0.0818. The first-order chi connectivity index (χ1) is 7.06. The molecule has 1 aromatic rings. The van der Waals surface area contributed by atoms with Crippen LogP contribution in [0.1, 0.15) is 24.5 Å². The van der Waals surface area contributed by atoms with Crippen LogP contribution < -0.4 is 5.32 Å². The topological polar surface area (TPSA) is 34.1 Å². The SMILES string of the molecule is CNC(COC)(c1nc(C)cs1)C(C)C. The summed E-state index contributed by atoms with van der Waals surface area (Å²) in [4.78, 5) is 4.57. The van der Waals surface area contributed by atoms with Crippen LogP contribution in [0.15, 0.2) is 5.38 Å². The summed E-state index contributed by atoms with van der Waals surface area (Å²) in [6.07, 6.45) is 0. The minimum atomic E-state index is -0.159. The molecule has 0 radical (unpaired) electrons. The molecule has 0 aliphatic rings. The van der Waals surface area contributed by atoms with Crippen LogP contribution in [0, 0.1) is 12.8 Å². The van der Waals surface area contributed by atoms with Gasteiger partial charge in [-0.15, -0.1) is 11.3 Å². The first-order valence-corrected chi connectivity index (χ1v) is 6.05. The zero-order chi connectivity index (χ0) is 11.5. The van der Waals surface area contributed by atoms with Gasteiger partial charge in [0.25, 0.3) is 0 Å². The van der Waals surface area contributed by atoms with E-state index in [2.05, 4.69) is 29.5 Å². The van der Waals surface area contributed by atoms with Gasteiger partial charge in [-0.3, -0.25) is 0 Å². The van der Waals surface area contributed by atoms with Gasteiger partial charge in [-0.05, 0) is 19.9 Å². The molecule has 86 valence electrons. The number of hydrogen-bond donors (Lipinski definition) is 1. The molecule has 1 unspecified atom stereocenters. The maximum Gasteiger partial charge on any atom is 0.116 e. The Hall–Kier alpha value is -0.450. The van der Waals surface area contributed by atoms with Gasteiger partial charge in [0.05, 0.1) is 12.1 Å². The molecule has 1 aromatic heterocycles. The lowest BCUT2D eigenvalue weighted by Crippen LogP contribution is -2.48. The fraction of sp³-hybridized carbons (Fsp3) is 0.727. The van der Waals surface area contributed by atoms with E-state index < -0.39 is 0 Å². The van der Waals surface area contributed by atoms with E-state index in [0.717, 1.165) is 10.7 Å². The normalized spacial score (nSPS) is 15.6. The highest BCUT2D eigenvalue weighted by Gasteiger charge is 2.36. The molecule has 0 saturated carbocycles. The first kappa shape index (κ1) is 12.6. The zero-order valence-electron chi connectivity index (χ0n) is 10.1. The molecule has 0 aromatic carbocycles. The molecule has 0 spiro atoms.